The molecule has 2 aliphatic heterocycles. The van der Waals surface area contributed by atoms with Crippen LogP contribution in [0.25, 0.3) is 0 Å². The van der Waals surface area contributed by atoms with Gasteiger partial charge in [-0.15, -0.1) is 0 Å². The molecule has 2 saturated heterocycles. The van der Waals surface area contributed by atoms with Crippen molar-refractivity contribution in [3.63, 3.8) is 0 Å². The van der Waals surface area contributed by atoms with Crippen LogP contribution in [0.5, 0.6) is 0 Å². The normalized spacial score (nSPS) is 19.9. The molecule has 0 aliphatic carbocycles. The SMILES string of the molecule is Cc1ccc(S(=O)(=O)NCC2CCCN(CCC(=O)N3CCN(c4ccccn4)CC3)C2)cc1. The number of carbonyl (C=O) groups excluding carboxylic acids is 1. The predicted molar refractivity (Wildman–Crippen MR) is 133 cm³/mol. The van der Waals surface area contributed by atoms with Gasteiger partial charge in [-0.2, -0.15) is 0 Å². The van der Waals surface area contributed by atoms with Gasteiger partial charge in [0.2, 0.25) is 15.9 Å². The van der Waals surface area contributed by atoms with E-state index < -0.39 is 10.0 Å². The van der Waals surface area contributed by atoms with Gasteiger partial charge in [0, 0.05) is 58.4 Å². The van der Waals surface area contributed by atoms with Gasteiger partial charge in [-0.1, -0.05) is 23.8 Å². The number of piperidine rings is 1. The Labute approximate surface area is 203 Å². The van der Waals surface area contributed by atoms with Crippen molar-refractivity contribution in [2.24, 2.45) is 5.92 Å². The van der Waals surface area contributed by atoms with Gasteiger partial charge in [0.15, 0.2) is 0 Å². The average Bonchev–Trinajstić information content (AvgIpc) is 2.87. The smallest absolute Gasteiger partial charge is 0.240 e. The summed E-state index contributed by atoms with van der Waals surface area (Å²) in [7, 11) is -3.50. The molecule has 34 heavy (non-hydrogen) atoms. The van der Waals surface area contributed by atoms with E-state index in [1.54, 1.807) is 18.3 Å². The maximum absolute atomic E-state index is 12.8. The lowest BCUT2D eigenvalue weighted by Gasteiger charge is -2.36. The van der Waals surface area contributed by atoms with Crippen LogP contribution in [0, 0.1) is 12.8 Å². The molecule has 0 radical (unpaired) electrons. The molecule has 0 saturated carbocycles. The minimum absolute atomic E-state index is 0.197. The maximum atomic E-state index is 12.8. The molecule has 1 N–H and O–H groups in total. The number of aromatic nitrogens is 1. The summed E-state index contributed by atoms with van der Waals surface area (Å²) in [6, 6.07) is 12.8. The Kier molecular flexibility index (Phi) is 8.18. The van der Waals surface area contributed by atoms with E-state index in [-0.39, 0.29) is 11.8 Å². The highest BCUT2D eigenvalue weighted by atomic mass is 32.2. The van der Waals surface area contributed by atoms with Crippen LogP contribution in [0.1, 0.15) is 24.8 Å². The second-order valence-electron chi connectivity index (χ2n) is 9.28. The van der Waals surface area contributed by atoms with Crippen LogP contribution in [0.3, 0.4) is 0 Å². The third kappa shape index (κ3) is 6.55. The van der Waals surface area contributed by atoms with E-state index in [9.17, 15) is 13.2 Å². The van der Waals surface area contributed by atoms with E-state index in [1.165, 1.54) is 0 Å². The first kappa shape index (κ1) is 24.6. The van der Waals surface area contributed by atoms with Crippen molar-refractivity contribution in [1.82, 2.24) is 19.5 Å². The second kappa shape index (κ2) is 11.3. The number of anilines is 1. The molecule has 184 valence electrons. The van der Waals surface area contributed by atoms with Crippen molar-refractivity contribution < 1.29 is 13.2 Å². The van der Waals surface area contributed by atoms with Crippen LogP contribution >= 0.6 is 0 Å². The molecule has 1 aromatic heterocycles. The standard InChI is InChI=1S/C25H35N5O3S/c1-21-7-9-23(10-8-21)34(32,33)27-19-22-5-4-13-28(20-22)14-11-25(31)30-17-15-29(16-18-30)24-6-2-3-12-26-24/h2-3,6-10,12,22,27H,4-5,11,13-20H2,1H3. The number of benzene rings is 1. The first-order chi connectivity index (χ1) is 16.4. The van der Waals surface area contributed by atoms with Crippen LogP contribution in [0.15, 0.2) is 53.6 Å². The Hall–Kier alpha value is -2.49. The van der Waals surface area contributed by atoms with Gasteiger partial charge in [0.05, 0.1) is 4.90 Å². The van der Waals surface area contributed by atoms with E-state index >= 15 is 0 Å². The monoisotopic (exact) mass is 485 g/mol. The fraction of sp³-hybridized carbons (Fsp3) is 0.520. The van der Waals surface area contributed by atoms with E-state index in [2.05, 4.69) is 19.5 Å². The third-order valence-electron chi connectivity index (χ3n) is 6.74. The van der Waals surface area contributed by atoms with Crippen molar-refractivity contribution in [3.8, 4) is 0 Å². The summed E-state index contributed by atoms with van der Waals surface area (Å²) >= 11 is 0. The number of hydrogen-bond donors (Lipinski definition) is 1. The first-order valence-corrected chi connectivity index (χ1v) is 13.6. The van der Waals surface area contributed by atoms with Crippen LogP contribution in [-0.2, 0) is 14.8 Å². The molecule has 1 unspecified atom stereocenters. The molecule has 2 aliphatic rings. The molecular weight excluding hydrogens is 450 g/mol. The molecule has 2 fully saturated rings. The van der Waals surface area contributed by atoms with Gasteiger partial charge in [-0.25, -0.2) is 18.1 Å². The third-order valence-corrected chi connectivity index (χ3v) is 8.18. The molecule has 3 heterocycles. The Morgan fingerprint density at radius 1 is 1.06 bits per heavy atom. The quantitative estimate of drug-likeness (QED) is 0.617. The zero-order valence-corrected chi connectivity index (χ0v) is 20.7. The molecule has 4 rings (SSSR count). The number of rotatable bonds is 8. The number of aryl methyl sites for hydroxylation is 1. The van der Waals surface area contributed by atoms with Gasteiger partial charge >= 0.3 is 0 Å². The van der Waals surface area contributed by atoms with Crippen molar-refractivity contribution in [1.29, 1.82) is 0 Å². The van der Waals surface area contributed by atoms with Crippen LogP contribution in [0.4, 0.5) is 5.82 Å². The van der Waals surface area contributed by atoms with E-state index in [0.717, 1.165) is 70.0 Å². The Bertz CT molecular complexity index is 1040. The zero-order valence-electron chi connectivity index (χ0n) is 19.9. The number of nitrogens with one attached hydrogen (secondary N) is 1. The van der Waals surface area contributed by atoms with Crippen LogP contribution < -0.4 is 9.62 Å². The maximum Gasteiger partial charge on any atom is 0.240 e. The van der Waals surface area contributed by atoms with Crippen molar-refractivity contribution >= 4 is 21.7 Å². The lowest BCUT2D eigenvalue weighted by Crippen LogP contribution is -2.49. The van der Waals surface area contributed by atoms with Crippen LogP contribution in [-0.4, -0.2) is 81.5 Å². The number of pyridine rings is 1. The summed E-state index contributed by atoms with van der Waals surface area (Å²) < 4.78 is 28.0. The lowest BCUT2D eigenvalue weighted by molar-refractivity contribution is -0.131. The zero-order chi connectivity index (χ0) is 24.0. The molecule has 8 nitrogen and oxygen atoms in total. The number of carbonyl (C=O) groups is 1. The number of likely N-dealkylation sites (tertiary alicyclic amines) is 1. The van der Waals surface area contributed by atoms with Gasteiger partial charge < -0.3 is 14.7 Å². The highest BCUT2D eigenvalue weighted by Gasteiger charge is 2.25. The summed E-state index contributed by atoms with van der Waals surface area (Å²) in [6.45, 7) is 7.91. The number of piperazine rings is 1. The Balaban J connectivity index is 1.19. The topological polar surface area (TPSA) is 85.8 Å². The summed E-state index contributed by atoms with van der Waals surface area (Å²) in [6.07, 6.45) is 4.32. The van der Waals surface area contributed by atoms with Gasteiger partial charge in [-0.3, -0.25) is 4.79 Å². The molecule has 1 atom stereocenters. The van der Waals surface area contributed by atoms with Crippen molar-refractivity contribution in [2.75, 3.05) is 57.3 Å². The molecule has 2 aromatic rings. The summed E-state index contributed by atoms with van der Waals surface area (Å²) in [5.74, 6) is 1.42. The number of nitrogens with zero attached hydrogens (tertiary/aromatic N) is 4. The first-order valence-electron chi connectivity index (χ1n) is 12.1. The molecule has 1 aromatic carbocycles. The van der Waals surface area contributed by atoms with Crippen molar-refractivity contribution in [3.05, 3.63) is 54.2 Å². The summed E-state index contributed by atoms with van der Waals surface area (Å²) in [4.78, 5) is 24.0. The molecule has 9 heteroatoms. The predicted octanol–water partition coefficient (Wildman–Crippen LogP) is 2.12. The Morgan fingerprint density at radius 3 is 2.53 bits per heavy atom. The molecule has 1 amide bonds. The number of sulfonamides is 1. The van der Waals surface area contributed by atoms with E-state index in [4.69, 9.17) is 0 Å². The van der Waals surface area contributed by atoms with Crippen LogP contribution in [0.2, 0.25) is 0 Å². The van der Waals surface area contributed by atoms with E-state index in [0.29, 0.717) is 17.9 Å². The summed E-state index contributed by atoms with van der Waals surface area (Å²) in [5.41, 5.74) is 1.03. The fourth-order valence-corrected chi connectivity index (χ4v) is 5.80. The number of amides is 1. The minimum atomic E-state index is -3.50. The van der Waals surface area contributed by atoms with Crippen molar-refractivity contribution in [2.45, 2.75) is 31.1 Å². The highest BCUT2D eigenvalue weighted by Crippen LogP contribution is 2.18. The minimum Gasteiger partial charge on any atom is -0.353 e. The van der Waals surface area contributed by atoms with Gasteiger partial charge in [0.25, 0.3) is 0 Å². The molecule has 0 bridgehead atoms. The largest absolute Gasteiger partial charge is 0.353 e. The lowest BCUT2D eigenvalue weighted by atomic mass is 9.98. The second-order valence-corrected chi connectivity index (χ2v) is 11.0. The highest BCUT2D eigenvalue weighted by molar-refractivity contribution is 7.89. The van der Waals surface area contributed by atoms with E-state index in [1.807, 2.05) is 42.2 Å². The van der Waals surface area contributed by atoms with Gasteiger partial charge in [0.1, 0.15) is 5.82 Å². The average molecular weight is 486 g/mol. The molecular formula is C25H35N5O3S. The fourth-order valence-electron chi connectivity index (χ4n) is 4.69. The number of hydrogen-bond acceptors (Lipinski definition) is 6. The van der Waals surface area contributed by atoms with Gasteiger partial charge in [-0.05, 0) is 56.5 Å². The molecule has 0 spiro atoms. The summed E-state index contributed by atoms with van der Waals surface area (Å²) in [5, 5.41) is 0. The Morgan fingerprint density at radius 2 is 1.82 bits per heavy atom.